The van der Waals surface area contributed by atoms with E-state index in [1.54, 1.807) is 0 Å². The van der Waals surface area contributed by atoms with Gasteiger partial charge in [0.2, 0.25) is 0 Å². The SMILES string of the molecule is CC1(C)c2cc(-c3cccnc3)ccc2-c2c1cc1ccc3cccc4ccc2c1c34. The molecule has 0 saturated heterocycles. The third-order valence-electron chi connectivity index (χ3n) is 7.28. The third kappa shape index (κ3) is 2.13. The molecule has 1 aliphatic rings. The minimum absolute atomic E-state index is 0.0483. The highest BCUT2D eigenvalue weighted by Gasteiger charge is 2.37. The smallest absolute Gasteiger partial charge is 0.0346 e. The van der Waals surface area contributed by atoms with Crippen molar-refractivity contribution in [1.29, 1.82) is 0 Å². The average Bonchev–Trinajstić information content (AvgIpc) is 3.04. The predicted octanol–water partition coefficient (Wildman–Crippen LogP) is 7.95. The molecule has 0 bridgehead atoms. The van der Waals surface area contributed by atoms with Crippen LogP contribution < -0.4 is 0 Å². The van der Waals surface area contributed by atoms with Gasteiger partial charge in [0.05, 0.1) is 0 Å². The fourth-order valence-electron chi connectivity index (χ4n) is 5.73. The van der Waals surface area contributed by atoms with Crippen LogP contribution in [0.5, 0.6) is 0 Å². The molecule has 31 heavy (non-hydrogen) atoms. The fraction of sp³-hybridized carbons (Fsp3) is 0.100. The summed E-state index contributed by atoms with van der Waals surface area (Å²) in [4.78, 5) is 4.32. The number of aromatic nitrogens is 1. The molecule has 0 spiro atoms. The van der Waals surface area contributed by atoms with Crippen LogP contribution in [0.2, 0.25) is 0 Å². The summed E-state index contributed by atoms with van der Waals surface area (Å²) in [5, 5.41) is 8.14. The largest absolute Gasteiger partial charge is 0.264 e. The van der Waals surface area contributed by atoms with E-state index in [4.69, 9.17) is 0 Å². The quantitative estimate of drug-likeness (QED) is 0.257. The Labute approximate surface area is 181 Å². The lowest BCUT2D eigenvalue weighted by Gasteiger charge is -2.23. The topological polar surface area (TPSA) is 12.9 Å². The molecule has 1 heteroatoms. The van der Waals surface area contributed by atoms with Crippen LogP contribution in [0.4, 0.5) is 0 Å². The van der Waals surface area contributed by atoms with Crippen LogP contribution in [0.1, 0.15) is 25.0 Å². The first-order valence-corrected chi connectivity index (χ1v) is 10.9. The highest BCUT2D eigenvalue weighted by Crippen LogP contribution is 2.54. The van der Waals surface area contributed by atoms with Gasteiger partial charge in [0, 0.05) is 17.8 Å². The molecule has 7 rings (SSSR count). The van der Waals surface area contributed by atoms with Crippen LogP contribution in [0.3, 0.4) is 0 Å². The van der Waals surface area contributed by atoms with E-state index in [-0.39, 0.29) is 5.41 Å². The minimum atomic E-state index is -0.0483. The maximum atomic E-state index is 4.32. The Morgan fingerprint density at radius 2 is 1.45 bits per heavy atom. The molecule has 5 aromatic carbocycles. The molecule has 1 heterocycles. The van der Waals surface area contributed by atoms with E-state index in [1.165, 1.54) is 65.7 Å². The van der Waals surface area contributed by atoms with Gasteiger partial charge in [0.25, 0.3) is 0 Å². The first-order chi connectivity index (χ1) is 15.1. The maximum absolute atomic E-state index is 4.32. The van der Waals surface area contributed by atoms with Crippen LogP contribution in [-0.2, 0) is 5.41 Å². The first kappa shape index (κ1) is 17.0. The molecule has 0 atom stereocenters. The van der Waals surface area contributed by atoms with Gasteiger partial charge >= 0.3 is 0 Å². The molecule has 0 fully saturated rings. The second-order valence-corrected chi connectivity index (χ2v) is 9.28. The summed E-state index contributed by atoms with van der Waals surface area (Å²) in [5.41, 5.74) is 7.95. The molecule has 0 aliphatic heterocycles. The van der Waals surface area contributed by atoms with E-state index >= 15 is 0 Å². The summed E-state index contributed by atoms with van der Waals surface area (Å²) in [7, 11) is 0. The van der Waals surface area contributed by atoms with Gasteiger partial charge in [-0.3, -0.25) is 4.98 Å². The van der Waals surface area contributed by atoms with Gasteiger partial charge in [-0.15, -0.1) is 0 Å². The minimum Gasteiger partial charge on any atom is -0.264 e. The highest BCUT2D eigenvalue weighted by atomic mass is 14.6. The van der Waals surface area contributed by atoms with Crippen molar-refractivity contribution in [3.05, 3.63) is 102 Å². The number of pyridine rings is 1. The number of rotatable bonds is 1. The monoisotopic (exact) mass is 395 g/mol. The number of hydrogen-bond donors (Lipinski definition) is 0. The molecule has 0 amide bonds. The van der Waals surface area contributed by atoms with Gasteiger partial charge < -0.3 is 0 Å². The van der Waals surface area contributed by atoms with Crippen molar-refractivity contribution in [3.63, 3.8) is 0 Å². The second kappa shape index (κ2) is 5.70. The van der Waals surface area contributed by atoms with Gasteiger partial charge in [-0.2, -0.15) is 0 Å². The molecule has 1 aromatic heterocycles. The Kier molecular flexibility index (Phi) is 3.13. The van der Waals surface area contributed by atoms with Crippen molar-refractivity contribution in [3.8, 4) is 22.3 Å². The molecule has 1 aliphatic carbocycles. The zero-order chi connectivity index (χ0) is 20.7. The standard InChI is InChI=1S/C30H21N/c1-30(2)25-15-20(22-7-4-14-31-17-22)11-12-23(25)29-24-13-10-19-6-3-5-18-8-9-21(16-26(29)30)28(24)27(18)19/h3-17H,1-2H3. The summed E-state index contributed by atoms with van der Waals surface area (Å²) in [6.45, 7) is 4.73. The Hall–Kier alpha value is -3.71. The van der Waals surface area contributed by atoms with Crippen LogP contribution in [0.25, 0.3) is 54.6 Å². The van der Waals surface area contributed by atoms with Gasteiger partial charge in [0.15, 0.2) is 0 Å². The van der Waals surface area contributed by atoms with E-state index in [1.807, 2.05) is 18.5 Å². The Bertz CT molecular complexity index is 1620. The van der Waals surface area contributed by atoms with Crippen LogP contribution in [-0.4, -0.2) is 4.98 Å². The van der Waals surface area contributed by atoms with Gasteiger partial charge in [-0.1, -0.05) is 74.5 Å². The number of hydrogen-bond acceptors (Lipinski definition) is 1. The molecule has 0 unspecified atom stereocenters. The van der Waals surface area contributed by atoms with Crippen molar-refractivity contribution in [2.75, 3.05) is 0 Å². The van der Waals surface area contributed by atoms with Crippen LogP contribution in [0, 0.1) is 0 Å². The lowest BCUT2D eigenvalue weighted by atomic mass is 9.80. The summed E-state index contributed by atoms with van der Waals surface area (Å²) < 4.78 is 0. The zero-order valence-electron chi connectivity index (χ0n) is 17.6. The second-order valence-electron chi connectivity index (χ2n) is 9.28. The zero-order valence-corrected chi connectivity index (χ0v) is 17.6. The summed E-state index contributed by atoms with van der Waals surface area (Å²) >= 11 is 0. The van der Waals surface area contributed by atoms with Crippen LogP contribution >= 0.6 is 0 Å². The molecular weight excluding hydrogens is 374 g/mol. The summed E-state index contributed by atoms with van der Waals surface area (Å²) in [6, 6.07) is 29.3. The van der Waals surface area contributed by atoms with Crippen molar-refractivity contribution in [2.24, 2.45) is 0 Å². The molecule has 0 saturated carbocycles. The Morgan fingerprint density at radius 1 is 0.645 bits per heavy atom. The average molecular weight is 396 g/mol. The van der Waals surface area contributed by atoms with E-state index in [0.29, 0.717) is 0 Å². The van der Waals surface area contributed by atoms with Crippen LogP contribution in [0.15, 0.2) is 91.3 Å². The number of nitrogens with zero attached hydrogens (tertiary/aromatic N) is 1. The molecule has 6 aromatic rings. The van der Waals surface area contributed by atoms with Crippen molar-refractivity contribution < 1.29 is 0 Å². The Balaban J connectivity index is 1.60. The summed E-state index contributed by atoms with van der Waals surface area (Å²) in [5.74, 6) is 0. The highest BCUT2D eigenvalue weighted by molar-refractivity contribution is 6.26. The molecule has 1 nitrogen and oxygen atoms in total. The molecule has 146 valence electrons. The molecule has 0 radical (unpaired) electrons. The van der Waals surface area contributed by atoms with Crippen molar-refractivity contribution >= 4 is 32.3 Å². The van der Waals surface area contributed by atoms with E-state index in [9.17, 15) is 0 Å². The van der Waals surface area contributed by atoms with E-state index < -0.39 is 0 Å². The lowest BCUT2D eigenvalue weighted by molar-refractivity contribution is 0.661. The van der Waals surface area contributed by atoms with E-state index in [2.05, 4.69) is 91.6 Å². The van der Waals surface area contributed by atoms with Crippen molar-refractivity contribution in [1.82, 2.24) is 4.98 Å². The van der Waals surface area contributed by atoms with Gasteiger partial charge in [-0.05, 0) is 83.9 Å². The first-order valence-electron chi connectivity index (χ1n) is 10.9. The lowest BCUT2D eigenvalue weighted by Crippen LogP contribution is -2.15. The van der Waals surface area contributed by atoms with Gasteiger partial charge in [0.1, 0.15) is 0 Å². The normalized spacial score (nSPS) is 14.4. The number of fused-ring (bicyclic) bond motifs is 4. The van der Waals surface area contributed by atoms with E-state index in [0.717, 1.165) is 0 Å². The predicted molar refractivity (Wildman–Crippen MR) is 131 cm³/mol. The Morgan fingerprint density at radius 3 is 2.26 bits per heavy atom. The molecular formula is C30H21N. The fourth-order valence-corrected chi connectivity index (χ4v) is 5.73. The van der Waals surface area contributed by atoms with Gasteiger partial charge in [-0.25, -0.2) is 0 Å². The third-order valence-corrected chi connectivity index (χ3v) is 7.28. The maximum Gasteiger partial charge on any atom is 0.0346 e. The number of benzene rings is 5. The molecule has 0 N–H and O–H groups in total. The summed E-state index contributed by atoms with van der Waals surface area (Å²) in [6.07, 6.45) is 3.78. The van der Waals surface area contributed by atoms with Crippen molar-refractivity contribution in [2.45, 2.75) is 19.3 Å².